The lowest BCUT2D eigenvalue weighted by Crippen LogP contribution is -2.28. The predicted molar refractivity (Wildman–Crippen MR) is 73.3 cm³/mol. The third kappa shape index (κ3) is 2.84. The van der Waals surface area contributed by atoms with Crippen molar-refractivity contribution in [2.24, 2.45) is 0 Å². The van der Waals surface area contributed by atoms with E-state index >= 15 is 0 Å². The van der Waals surface area contributed by atoms with Gasteiger partial charge in [0.2, 0.25) is 0 Å². The number of carbonyl (C=O) groups excluding carboxylic acids is 2. The van der Waals surface area contributed by atoms with Gasteiger partial charge in [-0.3, -0.25) is 0 Å². The van der Waals surface area contributed by atoms with Crippen LogP contribution in [0.25, 0.3) is 10.9 Å². The van der Waals surface area contributed by atoms with Crippen molar-refractivity contribution in [1.29, 1.82) is 0 Å². The zero-order valence-corrected chi connectivity index (χ0v) is 11.3. The molecular weight excluding hydrogens is 242 g/mol. The second kappa shape index (κ2) is 4.88. The Kier molecular flexibility index (Phi) is 3.42. The van der Waals surface area contributed by atoms with Gasteiger partial charge in [0.1, 0.15) is 11.9 Å². The Labute approximate surface area is 112 Å². The van der Waals surface area contributed by atoms with E-state index in [1.54, 1.807) is 0 Å². The highest BCUT2D eigenvalue weighted by Crippen LogP contribution is 2.21. The summed E-state index contributed by atoms with van der Waals surface area (Å²) < 4.78 is 6.85. The van der Waals surface area contributed by atoms with Crippen molar-refractivity contribution in [2.45, 2.75) is 32.8 Å². The van der Waals surface area contributed by atoms with E-state index in [4.69, 9.17) is 4.74 Å². The van der Waals surface area contributed by atoms with Crippen molar-refractivity contribution in [1.82, 2.24) is 4.57 Å². The number of para-hydroxylation sites is 1. The number of benzene rings is 1. The molecule has 0 bridgehead atoms. The van der Waals surface area contributed by atoms with Crippen molar-refractivity contribution in [3.63, 3.8) is 0 Å². The van der Waals surface area contributed by atoms with Crippen molar-refractivity contribution >= 4 is 23.3 Å². The molecule has 0 amide bonds. The minimum Gasteiger partial charge on any atom is -0.443 e. The van der Waals surface area contributed by atoms with Gasteiger partial charge in [0.15, 0.2) is 0 Å². The lowest BCUT2D eigenvalue weighted by Gasteiger charge is -2.20. The summed E-state index contributed by atoms with van der Waals surface area (Å²) in [6.07, 6.45) is 0.522. The molecule has 0 radical (unpaired) electrons. The van der Waals surface area contributed by atoms with Gasteiger partial charge in [-0.05, 0) is 32.9 Å². The molecule has 0 fully saturated rings. The normalized spacial score (nSPS) is 11.5. The third-order valence-electron chi connectivity index (χ3n) is 2.66. The van der Waals surface area contributed by atoms with Crippen LogP contribution in [-0.2, 0) is 16.0 Å². The molecule has 2 rings (SSSR count). The number of nitrogens with zero attached hydrogens (tertiary/aromatic N) is 1. The first-order valence-corrected chi connectivity index (χ1v) is 6.19. The van der Waals surface area contributed by atoms with Crippen molar-refractivity contribution in [2.75, 3.05) is 0 Å². The number of aromatic nitrogens is 1. The van der Waals surface area contributed by atoms with Gasteiger partial charge in [-0.1, -0.05) is 18.2 Å². The Morgan fingerprint density at radius 1 is 1.32 bits per heavy atom. The first kappa shape index (κ1) is 13.3. The lowest BCUT2D eigenvalue weighted by molar-refractivity contribution is -0.107. The zero-order chi connectivity index (χ0) is 14.0. The maximum atomic E-state index is 12.3. The van der Waals surface area contributed by atoms with E-state index in [1.165, 1.54) is 4.57 Å². The Morgan fingerprint density at radius 3 is 2.63 bits per heavy atom. The SMILES string of the molecule is CC(C)(C)OC(=O)n1c(CC=O)cc2ccccc21. The van der Waals surface area contributed by atoms with Gasteiger partial charge in [0.05, 0.1) is 5.52 Å². The van der Waals surface area contributed by atoms with Crippen LogP contribution in [0.2, 0.25) is 0 Å². The number of ether oxygens (including phenoxy) is 1. The molecule has 4 heteroatoms. The summed E-state index contributed by atoms with van der Waals surface area (Å²) in [5.41, 5.74) is 0.833. The molecule has 2 aromatic rings. The number of carbonyl (C=O) groups is 2. The Hall–Kier alpha value is -2.10. The highest BCUT2D eigenvalue weighted by Gasteiger charge is 2.21. The van der Waals surface area contributed by atoms with Gasteiger partial charge in [0, 0.05) is 17.5 Å². The molecule has 0 saturated carbocycles. The first-order valence-electron chi connectivity index (χ1n) is 6.19. The Balaban J connectivity index is 2.52. The quantitative estimate of drug-likeness (QED) is 0.778. The van der Waals surface area contributed by atoms with Crippen LogP contribution in [0.1, 0.15) is 26.5 Å². The fourth-order valence-electron chi connectivity index (χ4n) is 1.97. The standard InChI is InChI=1S/C15H17NO3/c1-15(2,3)19-14(18)16-12(8-9-17)10-11-6-4-5-7-13(11)16/h4-7,9-10H,8H2,1-3H3. The zero-order valence-electron chi connectivity index (χ0n) is 11.3. The molecule has 0 aliphatic carbocycles. The smallest absolute Gasteiger partial charge is 0.419 e. The minimum absolute atomic E-state index is 0.188. The molecular formula is C15H17NO3. The molecule has 0 unspecified atom stereocenters. The summed E-state index contributed by atoms with van der Waals surface area (Å²) in [5, 5.41) is 0.921. The molecule has 100 valence electrons. The van der Waals surface area contributed by atoms with Crippen LogP contribution in [0.5, 0.6) is 0 Å². The molecule has 19 heavy (non-hydrogen) atoms. The molecule has 0 aliphatic heterocycles. The van der Waals surface area contributed by atoms with Gasteiger partial charge in [-0.2, -0.15) is 0 Å². The minimum atomic E-state index is -0.569. The van der Waals surface area contributed by atoms with E-state index in [2.05, 4.69) is 0 Å². The first-order chi connectivity index (χ1) is 8.92. The number of hydrogen-bond acceptors (Lipinski definition) is 3. The topological polar surface area (TPSA) is 48.3 Å². The van der Waals surface area contributed by atoms with Crippen LogP contribution < -0.4 is 0 Å². The van der Waals surface area contributed by atoms with Gasteiger partial charge < -0.3 is 9.53 Å². The summed E-state index contributed by atoms with van der Waals surface area (Å²) in [5.74, 6) is 0. The fourth-order valence-corrected chi connectivity index (χ4v) is 1.97. The van der Waals surface area contributed by atoms with E-state index in [0.717, 1.165) is 17.2 Å². The van der Waals surface area contributed by atoms with Crippen LogP contribution in [-0.4, -0.2) is 22.5 Å². The van der Waals surface area contributed by atoms with E-state index in [-0.39, 0.29) is 6.42 Å². The number of fused-ring (bicyclic) bond motifs is 1. The van der Waals surface area contributed by atoms with Crippen LogP contribution in [0.4, 0.5) is 4.79 Å². The second-order valence-electron chi connectivity index (χ2n) is 5.38. The Morgan fingerprint density at radius 2 is 2.00 bits per heavy atom. The van der Waals surface area contributed by atoms with Crippen LogP contribution in [0.3, 0.4) is 0 Å². The van der Waals surface area contributed by atoms with Crippen LogP contribution >= 0.6 is 0 Å². The van der Waals surface area contributed by atoms with Gasteiger partial charge >= 0.3 is 6.09 Å². The molecule has 0 aliphatic rings. The fraction of sp³-hybridized carbons (Fsp3) is 0.333. The molecule has 1 aromatic carbocycles. The molecule has 0 atom stereocenters. The monoisotopic (exact) mass is 259 g/mol. The van der Waals surface area contributed by atoms with Crippen molar-refractivity contribution in [3.8, 4) is 0 Å². The number of aldehydes is 1. The molecule has 1 heterocycles. The van der Waals surface area contributed by atoms with Crippen LogP contribution in [0, 0.1) is 0 Å². The molecule has 0 spiro atoms. The van der Waals surface area contributed by atoms with E-state index < -0.39 is 11.7 Å². The number of hydrogen-bond donors (Lipinski definition) is 0. The molecule has 0 saturated heterocycles. The lowest BCUT2D eigenvalue weighted by atomic mass is 10.2. The van der Waals surface area contributed by atoms with E-state index in [0.29, 0.717) is 5.69 Å². The molecule has 0 N–H and O–H groups in total. The Bertz CT molecular complexity index is 620. The van der Waals surface area contributed by atoms with E-state index in [9.17, 15) is 9.59 Å². The maximum Gasteiger partial charge on any atom is 0.419 e. The third-order valence-corrected chi connectivity index (χ3v) is 2.66. The number of rotatable bonds is 2. The summed E-state index contributed by atoms with van der Waals surface area (Å²) in [6, 6.07) is 9.34. The van der Waals surface area contributed by atoms with Gasteiger partial charge in [-0.15, -0.1) is 0 Å². The average molecular weight is 259 g/mol. The predicted octanol–water partition coefficient (Wildman–Crippen LogP) is 3.17. The van der Waals surface area contributed by atoms with Crippen molar-refractivity contribution in [3.05, 3.63) is 36.0 Å². The van der Waals surface area contributed by atoms with Crippen LogP contribution in [0.15, 0.2) is 30.3 Å². The van der Waals surface area contributed by atoms with Gasteiger partial charge in [-0.25, -0.2) is 9.36 Å². The largest absolute Gasteiger partial charge is 0.443 e. The molecule has 4 nitrogen and oxygen atoms in total. The van der Waals surface area contributed by atoms with E-state index in [1.807, 2.05) is 51.1 Å². The highest BCUT2D eigenvalue weighted by molar-refractivity contribution is 5.91. The average Bonchev–Trinajstić information content (AvgIpc) is 2.65. The second-order valence-corrected chi connectivity index (χ2v) is 5.38. The maximum absolute atomic E-state index is 12.3. The van der Waals surface area contributed by atoms with Crippen molar-refractivity contribution < 1.29 is 14.3 Å². The molecule has 1 aromatic heterocycles. The summed E-state index contributed by atoms with van der Waals surface area (Å²) in [7, 11) is 0. The summed E-state index contributed by atoms with van der Waals surface area (Å²) in [4.78, 5) is 23.0. The van der Waals surface area contributed by atoms with Gasteiger partial charge in [0.25, 0.3) is 0 Å². The summed E-state index contributed by atoms with van der Waals surface area (Å²) >= 11 is 0. The highest BCUT2D eigenvalue weighted by atomic mass is 16.6. The summed E-state index contributed by atoms with van der Waals surface area (Å²) in [6.45, 7) is 5.45.